The van der Waals surface area contributed by atoms with E-state index in [-0.39, 0.29) is 0 Å². The molecule has 0 amide bonds. The lowest BCUT2D eigenvalue weighted by atomic mass is 10.2. The third-order valence-corrected chi connectivity index (χ3v) is 3.60. The predicted molar refractivity (Wildman–Crippen MR) is 83.5 cm³/mol. The van der Waals surface area contributed by atoms with E-state index in [1.165, 1.54) is 6.33 Å². The summed E-state index contributed by atoms with van der Waals surface area (Å²) in [4.78, 5) is 4.19. The highest BCUT2D eigenvalue weighted by Gasteiger charge is 2.13. The van der Waals surface area contributed by atoms with Gasteiger partial charge >= 0.3 is 0 Å². The van der Waals surface area contributed by atoms with Gasteiger partial charge in [-0.15, -0.1) is 0 Å². The van der Waals surface area contributed by atoms with Crippen LogP contribution >= 0.6 is 15.9 Å². The van der Waals surface area contributed by atoms with Gasteiger partial charge in [0.15, 0.2) is 17.3 Å². The molecule has 21 heavy (non-hydrogen) atoms. The van der Waals surface area contributed by atoms with Crippen LogP contribution in [0.4, 0.5) is 0 Å². The van der Waals surface area contributed by atoms with Gasteiger partial charge in [-0.25, -0.2) is 9.67 Å². The first-order valence-electron chi connectivity index (χ1n) is 6.70. The van der Waals surface area contributed by atoms with Crippen LogP contribution in [-0.4, -0.2) is 28.9 Å². The van der Waals surface area contributed by atoms with E-state index in [0.717, 1.165) is 29.0 Å². The van der Waals surface area contributed by atoms with Gasteiger partial charge in [0.2, 0.25) is 0 Å². The molecular formula is C14H19BrN4O2. The number of nitrogens with zero attached hydrogens (tertiary/aromatic N) is 3. The monoisotopic (exact) mass is 354 g/mol. The van der Waals surface area contributed by atoms with Gasteiger partial charge in [-0.3, -0.25) is 0 Å². The summed E-state index contributed by atoms with van der Waals surface area (Å²) in [7, 11) is 3.54. The number of ether oxygens (including phenoxy) is 2. The maximum atomic E-state index is 5.86. The quantitative estimate of drug-likeness (QED) is 0.826. The Balaban J connectivity index is 2.19. The molecule has 114 valence electrons. The molecule has 0 saturated heterocycles. The Morgan fingerprint density at radius 2 is 2.19 bits per heavy atom. The van der Waals surface area contributed by atoms with Gasteiger partial charge in [0.25, 0.3) is 0 Å². The zero-order chi connectivity index (χ0) is 15.2. The van der Waals surface area contributed by atoms with Crippen molar-refractivity contribution < 1.29 is 9.47 Å². The Kier molecular flexibility index (Phi) is 5.58. The van der Waals surface area contributed by atoms with Crippen molar-refractivity contribution in [2.24, 2.45) is 0 Å². The SMILES string of the molecule is CCn1ncnc1COc1c(Br)cc(CNC)cc1OC. The van der Waals surface area contributed by atoms with E-state index in [1.807, 2.05) is 26.1 Å². The second kappa shape index (κ2) is 7.42. The number of benzene rings is 1. The second-order valence-electron chi connectivity index (χ2n) is 4.42. The minimum absolute atomic E-state index is 0.341. The van der Waals surface area contributed by atoms with Crippen LogP contribution in [0.15, 0.2) is 22.9 Å². The summed E-state index contributed by atoms with van der Waals surface area (Å²) >= 11 is 3.53. The zero-order valence-corrected chi connectivity index (χ0v) is 14.0. The molecule has 0 unspecified atom stereocenters. The molecule has 0 spiro atoms. The van der Waals surface area contributed by atoms with Gasteiger partial charge in [-0.2, -0.15) is 5.10 Å². The van der Waals surface area contributed by atoms with E-state index >= 15 is 0 Å². The standard InChI is InChI=1S/C14H19BrN4O2/c1-4-19-13(17-9-18-19)8-21-14-11(15)5-10(7-16-2)6-12(14)20-3/h5-6,9,16H,4,7-8H2,1-3H3. The molecule has 0 aliphatic heterocycles. The highest BCUT2D eigenvalue weighted by Crippen LogP contribution is 2.37. The summed E-state index contributed by atoms with van der Waals surface area (Å²) in [6.45, 7) is 3.88. The van der Waals surface area contributed by atoms with Crippen molar-refractivity contribution in [3.05, 3.63) is 34.3 Å². The maximum absolute atomic E-state index is 5.86. The van der Waals surface area contributed by atoms with Crippen molar-refractivity contribution in [1.82, 2.24) is 20.1 Å². The Bertz CT molecular complexity index is 601. The van der Waals surface area contributed by atoms with Crippen LogP contribution < -0.4 is 14.8 Å². The molecule has 1 N–H and O–H groups in total. The van der Waals surface area contributed by atoms with Crippen molar-refractivity contribution >= 4 is 15.9 Å². The van der Waals surface area contributed by atoms with Crippen LogP contribution in [-0.2, 0) is 19.7 Å². The fraction of sp³-hybridized carbons (Fsp3) is 0.429. The number of hydrogen-bond donors (Lipinski definition) is 1. The molecule has 1 aromatic carbocycles. The lowest BCUT2D eigenvalue weighted by Crippen LogP contribution is -2.09. The molecule has 7 heteroatoms. The van der Waals surface area contributed by atoms with Gasteiger partial charge in [-0.05, 0) is 47.6 Å². The number of rotatable bonds is 7. The van der Waals surface area contributed by atoms with Crippen molar-refractivity contribution in [2.45, 2.75) is 26.6 Å². The molecule has 1 heterocycles. The van der Waals surface area contributed by atoms with Crippen molar-refractivity contribution in [1.29, 1.82) is 0 Å². The van der Waals surface area contributed by atoms with Crippen LogP contribution in [0, 0.1) is 0 Å². The first kappa shape index (κ1) is 15.8. The van der Waals surface area contributed by atoms with E-state index in [4.69, 9.17) is 9.47 Å². The van der Waals surface area contributed by atoms with Crippen LogP contribution in [0.2, 0.25) is 0 Å². The number of aryl methyl sites for hydroxylation is 1. The van der Waals surface area contributed by atoms with Gasteiger partial charge in [0, 0.05) is 13.1 Å². The first-order chi connectivity index (χ1) is 10.2. The molecule has 0 fully saturated rings. The van der Waals surface area contributed by atoms with E-state index in [0.29, 0.717) is 18.1 Å². The Morgan fingerprint density at radius 1 is 1.38 bits per heavy atom. The smallest absolute Gasteiger partial charge is 0.176 e. The number of methoxy groups -OCH3 is 1. The number of aromatic nitrogens is 3. The molecular weight excluding hydrogens is 336 g/mol. The normalized spacial score (nSPS) is 10.7. The molecule has 2 aromatic rings. The molecule has 0 atom stereocenters. The highest BCUT2D eigenvalue weighted by atomic mass is 79.9. The molecule has 0 aliphatic rings. The van der Waals surface area contributed by atoms with Crippen molar-refractivity contribution in [3.8, 4) is 11.5 Å². The molecule has 0 aliphatic carbocycles. The molecule has 2 rings (SSSR count). The zero-order valence-electron chi connectivity index (χ0n) is 12.4. The van der Waals surface area contributed by atoms with Gasteiger partial charge in [0.05, 0.1) is 11.6 Å². The summed E-state index contributed by atoms with van der Waals surface area (Å²) in [5.74, 6) is 2.14. The van der Waals surface area contributed by atoms with Crippen LogP contribution in [0.1, 0.15) is 18.3 Å². The number of nitrogens with one attached hydrogen (secondary N) is 1. The van der Waals surface area contributed by atoms with E-state index < -0.39 is 0 Å². The van der Waals surface area contributed by atoms with E-state index in [2.05, 4.69) is 31.3 Å². The van der Waals surface area contributed by atoms with Gasteiger partial charge in [-0.1, -0.05) is 0 Å². The summed E-state index contributed by atoms with van der Waals surface area (Å²) in [5, 5.41) is 7.24. The third-order valence-electron chi connectivity index (χ3n) is 3.01. The second-order valence-corrected chi connectivity index (χ2v) is 5.27. The molecule has 0 radical (unpaired) electrons. The van der Waals surface area contributed by atoms with E-state index in [9.17, 15) is 0 Å². The summed E-state index contributed by atoms with van der Waals surface area (Å²) in [6, 6.07) is 3.97. The summed E-state index contributed by atoms with van der Waals surface area (Å²) < 4.78 is 13.9. The Morgan fingerprint density at radius 3 is 2.86 bits per heavy atom. The van der Waals surface area contributed by atoms with Crippen LogP contribution in [0.5, 0.6) is 11.5 Å². The molecule has 0 bridgehead atoms. The Labute approximate surface area is 132 Å². The minimum Gasteiger partial charge on any atom is -0.493 e. The largest absolute Gasteiger partial charge is 0.493 e. The number of halogens is 1. The third kappa shape index (κ3) is 3.74. The lowest BCUT2D eigenvalue weighted by Gasteiger charge is -2.14. The summed E-state index contributed by atoms with van der Waals surface area (Å²) in [5.41, 5.74) is 1.12. The van der Waals surface area contributed by atoms with Crippen LogP contribution in [0.3, 0.4) is 0 Å². The average Bonchev–Trinajstić information content (AvgIpc) is 2.93. The fourth-order valence-corrected chi connectivity index (χ4v) is 2.62. The van der Waals surface area contributed by atoms with E-state index in [1.54, 1.807) is 11.8 Å². The highest BCUT2D eigenvalue weighted by molar-refractivity contribution is 9.10. The average molecular weight is 355 g/mol. The van der Waals surface area contributed by atoms with Gasteiger partial charge in [0.1, 0.15) is 12.9 Å². The Hall–Kier alpha value is -1.60. The number of hydrogen-bond acceptors (Lipinski definition) is 5. The summed E-state index contributed by atoms with van der Waals surface area (Å²) in [6.07, 6.45) is 1.53. The molecule has 1 aromatic heterocycles. The fourth-order valence-electron chi connectivity index (χ4n) is 2.02. The topological polar surface area (TPSA) is 61.2 Å². The van der Waals surface area contributed by atoms with Gasteiger partial charge < -0.3 is 14.8 Å². The maximum Gasteiger partial charge on any atom is 0.176 e. The lowest BCUT2D eigenvalue weighted by molar-refractivity contribution is 0.268. The first-order valence-corrected chi connectivity index (χ1v) is 7.49. The predicted octanol–water partition coefficient (Wildman–Crippen LogP) is 2.37. The van der Waals surface area contributed by atoms with Crippen LogP contribution in [0.25, 0.3) is 0 Å². The molecule has 0 saturated carbocycles. The minimum atomic E-state index is 0.341. The molecule has 6 nitrogen and oxygen atoms in total. The van der Waals surface area contributed by atoms with Crippen molar-refractivity contribution in [2.75, 3.05) is 14.2 Å². The van der Waals surface area contributed by atoms with Crippen molar-refractivity contribution in [3.63, 3.8) is 0 Å².